The van der Waals surface area contributed by atoms with Gasteiger partial charge in [0.25, 0.3) is 5.91 Å². The number of fused-ring (bicyclic) bond motifs is 1. The molecule has 2 aromatic heterocycles. The first-order valence-electron chi connectivity index (χ1n) is 10.9. The zero-order chi connectivity index (χ0) is 21.9. The lowest BCUT2D eigenvalue weighted by Crippen LogP contribution is -2.34. The van der Waals surface area contributed by atoms with Crippen molar-refractivity contribution in [2.24, 2.45) is 0 Å². The average Bonchev–Trinajstić information content (AvgIpc) is 3.49. The van der Waals surface area contributed by atoms with E-state index in [0.717, 1.165) is 25.2 Å². The number of aromatic nitrogens is 3. The molecule has 0 atom stereocenters. The molecular weight excluding hydrogens is 405 g/mol. The predicted molar refractivity (Wildman–Crippen MR) is 122 cm³/mol. The van der Waals surface area contributed by atoms with Crippen LogP contribution >= 0.6 is 0 Å². The second kappa shape index (κ2) is 8.88. The van der Waals surface area contributed by atoms with Gasteiger partial charge in [0.1, 0.15) is 11.5 Å². The largest absolute Gasteiger partial charge is 0.349 e. The lowest BCUT2D eigenvalue weighted by Gasteiger charge is -2.15. The molecule has 1 fully saturated rings. The summed E-state index contributed by atoms with van der Waals surface area (Å²) < 4.78 is 16.3. The SMILES string of the molecule is O=C(NCCN1CCCC1)c1cc(-c2ccccc2F)n2nc(-c3ccccc3)cc2n1. The van der Waals surface area contributed by atoms with E-state index in [1.54, 1.807) is 28.8 Å². The molecule has 0 unspecified atom stereocenters. The van der Waals surface area contributed by atoms with Crippen molar-refractivity contribution in [3.05, 3.63) is 78.2 Å². The smallest absolute Gasteiger partial charge is 0.270 e. The fourth-order valence-electron chi connectivity index (χ4n) is 4.13. The molecule has 1 aliphatic rings. The molecule has 1 saturated heterocycles. The molecule has 0 radical (unpaired) electrons. The number of hydrogen-bond donors (Lipinski definition) is 1. The Balaban J connectivity index is 1.52. The summed E-state index contributed by atoms with van der Waals surface area (Å²) in [6, 6.07) is 19.6. The quantitative estimate of drug-likeness (QED) is 0.503. The molecule has 0 aliphatic carbocycles. The highest BCUT2D eigenvalue weighted by atomic mass is 19.1. The number of likely N-dealkylation sites (tertiary alicyclic amines) is 1. The van der Waals surface area contributed by atoms with Crippen LogP contribution < -0.4 is 5.32 Å². The van der Waals surface area contributed by atoms with Crippen molar-refractivity contribution in [2.45, 2.75) is 12.8 Å². The van der Waals surface area contributed by atoms with Crippen molar-refractivity contribution >= 4 is 11.6 Å². The van der Waals surface area contributed by atoms with Crippen LogP contribution in [0.15, 0.2) is 66.7 Å². The van der Waals surface area contributed by atoms with E-state index in [1.807, 2.05) is 36.4 Å². The Kier molecular flexibility index (Phi) is 5.64. The summed E-state index contributed by atoms with van der Waals surface area (Å²) in [5.41, 5.74) is 3.23. The summed E-state index contributed by atoms with van der Waals surface area (Å²) in [5, 5.41) is 7.62. The Labute approximate surface area is 185 Å². The van der Waals surface area contributed by atoms with E-state index >= 15 is 0 Å². The van der Waals surface area contributed by atoms with Gasteiger partial charge in [0, 0.05) is 30.3 Å². The van der Waals surface area contributed by atoms with Crippen molar-refractivity contribution < 1.29 is 9.18 Å². The Morgan fingerprint density at radius 2 is 1.75 bits per heavy atom. The second-order valence-corrected chi connectivity index (χ2v) is 7.98. The Hall–Kier alpha value is -3.58. The molecule has 4 aromatic rings. The van der Waals surface area contributed by atoms with Crippen LogP contribution in [-0.2, 0) is 0 Å². The van der Waals surface area contributed by atoms with Gasteiger partial charge in [-0.2, -0.15) is 5.10 Å². The van der Waals surface area contributed by atoms with Gasteiger partial charge in [-0.25, -0.2) is 13.9 Å². The normalized spacial score (nSPS) is 14.2. The number of carbonyl (C=O) groups is 1. The minimum Gasteiger partial charge on any atom is -0.349 e. The minimum atomic E-state index is -0.378. The fraction of sp³-hybridized carbons (Fsp3) is 0.240. The molecule has 7 heteroatoms. The average molecular weight is 429 g/mol. The van der Waals surface area contributed by atoms with Crippen LogP contribution in [0, 0.1) is 5.82 Å². The maximum atomic E-state index is 14.7. The number of nitrogens with one attached hydrogen (secondary N) is 1. The number of halogens is 1. The monoisotopic (exact) mass is 429 g/mol. The van der Waals surface area contributed by atoms with E-state index in [1.165, 1.54) is 18.9 Å². The number of nitrogens with zero attached hydrogens (tertiary/aromatic N) is 4. The summed E-state index contributed by atoms with van der Waals surface area (Å²) in [6.45, 7) is 3.53. The summed E-state index contributed by atoms with van der Waals surface area (Å²) >= 11 is 0. The third kappa shape index (κ3) is 4.11. The maximum Gasteiger partial charge on any atom is 0.270 e. The van der Waals surface area contributed by atoms with Crippen LogP contribution in [0.2, 0.25) is 0 Å². The third-order valence-corrected chi connectivity index (χ3v) is 5.79. The minimum absolute atomic E-state index is 0.247. The number of rotatable bonds is 6. The van der Waals surface area contributed by atoms with Crippen LogP contribution in [0.25, 0.3) is 28.2 Å². The summed E-state index contributed by atoms with van der Waals surface area (Å²) in [6.07, 6.45) is 2.42. The van der Waals surface area contributed by atoms with Crippen LogP contribution in [0.4, 0.5) is 4.39 Å². The van der Waals surface area contributed by atoms with Crippen LogP contribution in [-0.4, -0.2) is 51.6 Å². The molecule has 32 heavy (non-hydrogen) atoms. The topological polar surface area (TPSA) is 62.5 Å². The summed E-state index contributed by atoms with van der Waals surface area (Å²) in [4.78, 5) is 19.8. The molecule has 2 aromatic carbocycles. The van der Waals surface area contributed by atoms with Gasteiger partial charge in [0.05, 0.1) is 11.4 Å². The van der Waals surface area contributed by atoms with E-state index in [2.05, 4.69) is 20.3 Å². The van der Waals surface area contributed by atoms with Gasteiger partial charge < -0.3 is 10.2 Å². The number of amides is 1. The molecule has 0 spiro atoms. The fourth-order valence-corrected chi connectivity index (χ4v) is 4.13. The lowest BCUT2D eigenvalue weighted by atomic mass is 10.1. The van der Waals surface area contributed by atoms with E-state index in [0.29, 0.717) is 29.1 Å². The van der Waals surface area contributed by atoms with Crippen LogP contribution in [0.5, 0.6) is 0 Å². The third-order valence-electron chi connectivity index (χ3n) is 5.79. The molecule has 3 heterocycles. The van der Waals surface area contributed by atoms with Gasteiger partial charge in [-0.15, -0.1) is 0 Å². The van der Waals surface area contributed by atoms with Gasteiger partial charge >= 0.3 is 0 Å². The van der Waals surface area contributed by atoms with Gasteiger partial charge in [-0.05, 0) is 44.1 Å². The molecule has 6 nitrogen and oxygen atoms in total. The van der Waals surface area contributed by atoms with E-state index < -0.39 is 0 Å². The summed E-state index contributed by atoms with van der Waals surface area (Å²) in [7, 11) is 0. The summed E-state index contributed by atoms with van der Waals surface area (Å²) in [5.74, 6) is -0.649. The molecule has 1 aliphatic heterocycles. The second-order valence-electron chi connectivity index (χ2n) is 7.98. The van der Waals surface area contributed by atoms with E-state index in [9.17, 15) is 9.18 Å². The number of carbonyl (C=O) groups excluding carboxylic acids is 1. The van der Waals surface area contributed by atoms with E-state index in [4.69, 9.17) is 0 Å². The maximum absolute atomic E-state index is 14.7. The molecular formula is C25H24FN5O. The Bertz CT molecular complexity index is 1250. The van der Waals surface area contributed by atoms with Crippen molar-refractivity contribution in [3.8, 4) is 22.5 Å². The van der Waals surface area contributed by atoms with Crippen molar-refractivity contribution in [1.82, 2.24) is 24.8 Å². The zero-order valence-corrected chi connectivity index (χ0v) is 17.7. The van der Waals surface area contributed by atoms with Crippen LogP contribution in [0.1, 0.15) is 23.3 Å². The van der Waals surface area contributed by atoms with Gasteiger partial charge in [0.2, 0.25) is 0 Å². The van der Waals surface area contributed by atoms with Gasteiger partial charge in [-0.3, -0.25) is 4.79 Å². The van der Waals surface area contributed by atoms with Crippen LogP contribution in [0.3, 0.4) is 0 Å². The molecule has 0 saturated carbocycles. The molecule has 162 valence electrons. The Morgan fingerprint density at radius 1 is 1.00 bits per heavy atom. The highest BCUT2D eigenvalue weighted by Gasteiger charge is 2.18. The molecule has 0 bridgehead atoms. The first-order chi connectivity index (χ1) is 15.7. The molecule has 1 N–H and O–H groups in total. The van der Waals surface area contributed by atoms with Crippen molar-refractivity contribution in [3.63, 3.8) is 0 Å². The Morgan fingerprint density at radius 3 is 2.53 bits per heavy atom. The highest BCUT2D eigenvalue weighted by Crippen LogP contribution is 2.27. The lowest BCUT2D eigenvalue weighted by molar-refractivity contribution is 0.0945. The molecule has 1 amide bonds. The number of benzene rings is 2. The number of hydrogen-bond acceptors (Lipinski definition) is 4. The standard InChI is InChI=1S/C25H24FN5O/c26-20-11-5-4-10-19(20)23-16-22(25(32)27-12-15-30-13-6-7-14-30)28-24-17-21(29-31(23)24)18-8-2-1-3-9-18/h1-5,8-11,16-17H,6-7,12-15H2,(H,27,32). The van der Waals surface area contributed by atoms with Gasteiger partial charge in [0.15, 0.2) is 5.65 Å². The highest BCUT2D eigenvalue weighted by molar-refractivity contribution is 5.94. The van der Waals surface area contributed by atoms with Gasteiger partial charge in [-0.1, -0.05) is 42.5 Å². The van der Waals surface area contributed by atoms with E-state index in [-0.39, 0.29) is 17.4 Å². The first-order valence-corrected chi connectivity index (χ1v) is 10.9. The van der Waals surface area contributed by atoms with Crippen molar-refractivity contribution in [2.75, 3.05) is 26.2 Å². The predicted octanol–water partition coefficient (Wildman–Crippen LogP) is 4.03. The first kappa shape index (κ1) is 20.3. The molecule has 5 rings (SSSR count). The zero-order valence-electron chi connectivity index (χ0n) is 17.7. The van der Waals surface area contributed by atoms with Crippen molar-refractivity contribution in [1.29, 1.82) is 0 Å².